The normalized spacial score (nSPS) is 32.7. The van der Waals surface area contributed by atoms with Crippen LogP contribution < -0.4 is 27.9 Å². The van der Waals surface area contributed by atoms with E-state index in [0.29, 0.717) is 22.2 Å². The number of carboxylic acids is 1. The van der Waals surface area contributed by atoms with Crippen LogP contribution in [-0.2, 0) is 4.79 Å². The van der Waals surface area contributed by atoms with Gasteiger partial charge >= 0.3 is 5.97 Å². The Hall–Kier alpha value is 0.160. The van der Waals surface area contributed by atoms with Crippen LogP contribution in [0.3, 0.4) is 0 Å². The summed E-state index contributed by atoms with van der Waals surface area (Å²) >= 11 is 2.49. The van der Waals surface area contributed by atoms with E-state index in [4.69, 9.17) is 0 Å². The number of halogens is 1. The molecule has 1 rings (SSSR count). The molecule has 3 atom stereocenters. The van der Waals surface area contributed by atoms with Crippen LogP contribution in [0.15, 0.2) is 0 Å². The first-order chi connectivity index (χ1) is 8.33. The van der Waals surface area contributed by atoms with Crippen LogP contribution in [-0.4, -0.2) is 28.1 Å². The molecule has 18 heavy (non-hydrogen) atoms. The monoisotopic (exact) mass is 367 g/mol. The van der Waals surface area contributed by atoms with Gasteiger partial charge in [-0.25, -0.2) is 0 Å². The summed E-state index contributed by atoms with van der Waals surface area (Å²) in [5.41, 5.74) is -0.0375. The number of alkyl halides is 1. The molecule has 0 bridgehead atoms. The smallest absolute Gasteiger partial charge is 0.303 e. The molecular weight excluding hydrogens is 341 g/mol. The van der Waals surface area contributed by atoms with E-state index in [1.807, 2.05) is 0 Å². The molecule has 2 N–H and O–H groups in total. The minimum absolute atomic E-state index is 0.0375. The average molecular weight is 367 g/mol. The lowest BCUT2D eigenvalue weighted by atomic mass is 9.68. The Kier molecular flexibility index (Phi) is 6.38. The fourth-order valence-electron chi connectivity index (χ4n) is 3.19. The standard InChI is InChI=1S/C14H26INO2/c1-10(2)8-16-9-14(7-13(17)18)5-11(3)4-12(15)6-14/h10-12,16H,4-9H2,1-3H3,(H,17,18)/q-1/t11-,12?,14+/m0/s1. The third-order valence-corrected chi connectivity index (χ3v) is 4.62. The van der Waals surface area contributed by atoms with E-state index in [2.05, 4.69) is 48.7 Å². The van der Waals surface area contributed by atoms with Crippen molar-refractivity contribution >= 4 is 5.97 Å². The van der Waals surface area contributed by atoms with Crippen LogP contribution in [0.25, 0.3) is 0 Å². The summed E-state index contributed by atoms with van der Waals surface area (Å²) in [4.78, 5) is 11.2. The van der Waals surface area contributed by atoms with E-state index >= 15 is 0 Å². The zero-order valence-corrected chi connectivity index (χ0v) is 13.9. The van der Waals surface area contributed by atoms with E-state index in [9.17, 15) is 9.90 Å². The summed E-state index contributed by atoms with van der Waals surface area (Å²) in [6.07, 6.45) is 3.62. The van der Waals surface area contributed by atoms with Crippen molar-refractivity contribution < 1.29 is 32.5 Å². The molecule has 0 aromatic rings. The van der Waals surface area contributed by atoms with Crippen molar-refractivity contribution in [1.82, 2.24) is 5.32 Å². The van der Waals surface area contributed by atoms with E-state index < -0.39 is 5.97 Å². The molecule has 0 heterocycles. The minimum atomic E-state index is -0.654. The number of aliphatic carboxylic acids is 1. The van der Waals surface area contributed by atoms with E-state index in [-0.39, 0.29) is 5.41 Å². The van der Waals surface area contributed by atoms with Gasteiger partial charge in [-0.15, -0.1) is 0 Å². The van der Waals surface area contributed by atoms with Gasteiger partial charge in [0.05, 0.1) is 6.42 Å². The number of carboxylic acid groups (broad SMARTS) is 1. The molecule has 1 aliphatic carbocycles. The maximum absolute atomic E-state index is 11.2. The molecule has 0 saturated heterocycles. The van der Waals surface area contributed by atoms with Crippen molar-refractivity contribution in [1.29, 1.82) is 0 Å². The second-order valence-electron chi connectivity index (χ2n) is 6.44. The second kappa shape index (κ2) is 7.08. The lowest BCUT2D eigenvalue weighted by Crippen LogP contribution is -3.39. The van der Waals surface area contributed by atoms with Gasteiger partial charge in [-0.2, -0.15) is 3.92 Å². The summed E-state index contributed by atoms with van der Waals surface area (Å²) in [5.74, 6) is 0.600. The van der Waals surface area contributed by atoms with Gasteiger partial charge in [-0.1, -0.05) is 33.6 Å². The lowest BCUT2D eigenvalue weighted by Gasteiger charge is -2.46. The molecule has 0 aromatic carbocycles. The van der Waals surface area contributed by atoms with Gasteiger partial charge in [-0.05, 0) is 30.2 Å². The zero-order chi connectivity index (χ0) is 13.8. The minimum Gasteiger partial charge on any atom is -0.793 e. The van der Waals surface area contributed by atoms with Crippen LogP contribution in [0, 0.1) is 17.3 Å². The Morgan fingerprint density at radius 1 is 1.50 bits per heavy atom. The third-order valence-electron chi connectivity index (χ3n) is 3.67. The molecule has 1 aliphatic rings. The Morgan fingerprint density at radius 2 is 2.17 bits per heavy atom. The Labute approximate surface area is 124 Å². The Bertz CT molecular complexity index is 271. The van der Waals surface area contributed by atoms with Crippen LogP contribution in [0.2, 0.25) is 0 Å². The van der Waals surface area contributed by atoms with Gasteiger partial charge in [0.2, 0.25) is 0 Å². The summed E-state index contributed by atoms with van der Waals surface area (Å²) in [6, 6.07) is 0. The van der Waals surface area contributed by atoms with Crippen molar-refractivity contribution in [3.05, 3.63) is 0 Å². The van der Waals surface area contributed by atoms with Crippen molar-refractivity contribution in [3.8, 4) is 0 Å². The second-order valence-corrected chi connectivity index (χ2v) is 8.20. The Morgan fingerprint density at radius 3 is 2.67 bits per heavy atom. The fourth-order valence-corrected chi connectivity index (χ4v) is 5.00. The molecule has 1 fully saturated rings. The molecular formula is C14H26INO2-. The molecule has 1 radical (unpaired) electrons. The summed E-state index contributed by atoms with van der Waals surface area (Å²) in [7, 11) is 0. The highest BCUT2D eigenvalue weighted by Gasteiger charge is 2.37. The topological polar surface area (TPSA) is 49.3 Å². The highest BCUT2D eigenvalue weighted by Crippen LogP contribution is 2.40. The molecule has 0 aromatic heterocycles. The highest BCUT2D eigenvalue weighted by molar-refractivity contribution is 5.67. The van der Waals surface area contributed by atoms with Crippen LogP contribution in [0.5, 0.6) is 0 Å². The quantitative estimate of drug-likeness (QED) is 0.489. The molecule has 0 amide bonds. The highest BCUT2D eigenvalue weighted by atomic mass is 127. The average Bonchev–Trinajstić information content (AvgIpc) is 2.12. The summed E-state index contributed by atoms with van der Waals surface area (Å²) in [6.45, 7) is 8.44. The molecule has 107 valence electrons. The number of hydrogen-bond donors (Lipinski definition) is 2. The van der Waals surface area contributed by atoms with Crippen molar-refractivity contribution in [3.63, 3.8) is 0 Å². The van der Waals surface area contributed by atoms with E-state index in [0.717, 1.165) is 25.9 Å². The maximum Gasteiger partial charge on any atom is 0.303 e. The first-order valence-corrected chi connectivity index (χ1v) is 8.14. The van der Waals surface area contributed by atoms with E-state index in [1.165, 1.54) is 6.42 Å². The molecule has 1 unspecified atom stereocenters. The van der Waals surface area contributed by atoms with Gasteiger partial charge < -0.3 is 33.0 Å². The predicted octanol–water partition coefficient (Wildman–Crippen LogP) is -0.565. The SMILES string of the molecule is CC(C)CNC[C@@]1(CC(=O)O)CC([I-])C[C@H](C)C1. The predicted molar refractivity (Wildman–Crippen MR) is 69.2 cm³/mol. The zero-order valence-electron chi connectivity index (χ0n) is 11.7. The number of hydrogen-bond acceptors (Lipinski definition) is 2. The van der Waals surface area contributed by atoms with Crippen LogP contribution in [0.1, 0.15) is 46.5 Å². The lowest BCUT2D eigenvalue weighted by molar-refractivity contribution is -0.433. The van der Waals surface area contributed by atoms with Crippen molar-refractivity contribution in [2.24, 2.45) is 17.3 Å². The fraction of sp³-hybridized carbons (Fsp3) is 0.929. The van der Waals surface area contributed by atoms with Gasteiger partial charge in [0.25, 0.3) is 0 Å². The number of rotatable bonds is 6. The van der Waals surface area contributed by atoms with E-state index in [1.54, 1.807) is 0 Å². The number of nitrogens with one attached hydrogen (secondary N) is 1. The van der Waals surface area contributed by atoms with Gasteiger partial charge in [0.15, 0.2) is 0 Å². The molecule has 0 aliphatic heterocycles. The summed E-state index contributed by atoms with van der Waals surface area (Å²) in [5, 5.41) is 12.7. The Balaban J connectivity index is 2.65. The molecule has 3 nitrogen and oxygen atoms in total. The third kappa shape index (κ3) is 5.43. The number of carbonyl (C=O) groups is 1. The molecule has 4 heteroatoms. The van der Waals surface area contributed by atoms with Crippen molar-refractivity contribution in [2.75, 3.05) is 13.1 Å². The first kappa shape index (κ1) is 16.2. The van der Waals surface area contributed by atoms with Gasteiger partial charge in [0, 0.05) is 6.54 Å². The molecule has 1 saturated carbocycles. The van der Waals surface area contributed by atoms with Gasteiger partial charge in [0.1, 0.15) is 0 Å². The first-order valence-electron chi connectivity index (χ1n) is 6.89. The molecule has 0 spiro atoms. The van der Waals surface area contributed by atoms with Gasteiger partial charge in [-0.3, -0.25) is 4.79 Å². The van der Waals surface area contributed by atoms with Crippen molar-refractivity contribution in [2.45, 2.75) is 50.4 Å². The maximum atomic E-state index is 11.2. The largest absolute Gasteiger partial charge is 0.793 e. The van der Waals surface area contributed by atoms with Crippen LogP contribution in [0.4, 0.5) is 0 Å². The summed E-state index contributed by atoms with van der Waals surface area (Å²) < 4.78 is 0.617. The van der Waals surface area contributed by atoms with Crippen LogP contribution >= 0.6 is 0 Å².